The van der Waals surface area contributed by atoms with E-state index < -0.39 is 0 Å². The first-order valence-electron chi connectivity index (χ1n) is 14.7. The summed E-state index contributed by atoms with van der Waals surface area (Å²) in [5.74, 6) is 2.19. The van der Waals surface area contributed by atoms with E-state index in [1.54, 1.807) is 13.3 Å². The minimum Gasteiger partial charge on any atom is -0.493 e. The minimum absolute atomic E-state index is 0.170. The Labute approximate surface area is 259 Å². The molecule has 0 aliphatic heterocycles. The van der Waals surface area contributed by atoms with E-state index in [4.69, 9.17) is 19.6 Å². The van der Waals surface area contributed by atoms with Gasteiger partial charge in [0.1, 0.15) is 12.4 Å². The van der Waals surface area contributed by atoms with Crippen molar-refractivity contribution in [3.05, 3.63) is 123 Å². The fourth-order valence-corrected chi connectivity index (χ4v) is 6.34. The number of benzene rings is 4. The fourth-order valence-electron chi connectivity index (χ4n) is 5.98. The normalized spacial score (nSPS) is 14.0. The number of hydrogen-bond donors (Lipinski definition) is 0. The summed E-state index contributed by atoms with van der Waals surface area (Å²) in [4.78, 5) is 18.7. The van der Waals surface area contributed by atoms with Crippen molar-refractivity contribution in [1.82, 2.24) is 9.66 Å². The standard InChI is InChI=1S/C36H34BrN3O3/c1-3-10-27-19-24(20-33(42-2)34(27)43-23-28-15-9-14-25-11-7-8-16-30(25)28)22-38-40-35(26-12-5-4-6-13-26)39-32-18-17-29(37)21-31(32)36(40)41/h3,7-9,11,14-22,26H,1,4-6,10,12-13,23H2,2H3. The van der Waals surface area contributed by atoms with Crippen LogP contribution in [0.4, 0.5) is 0 Å². The molecule has 0 N–H and O–H groups in total. The predicted molar refractivity (Wildman–Crippen MR) is 178 cm³/mol. The molecule has 1 aliphatic rings. The molecule has 1 aliphatic carbocycles. The number of halogens is 1. The van der Waals surface area contributed by atoms with E-state index in [-0.39, 0.29) is 11.5 Å². The van der Waals surface area contributed by atoms with Gasteiger partial charge in [0.2, 0.25) is 0 Å². The van der Waals surface area contributed by atoms with Crippen LogP contribution in [0.15, 0.2) is 99.8 Å². The lowest BCUT2D eigenvalue weighted by atomic mass is 9.88. The van der Waals surface area contributed by atoms with Gasteiger partial charge in [0, 0.05) is 16.0 Å². The maximum absolute atomic E-state index is 13.8. The summed E-state index contributed by atoms with van der Waals surface area (Å²) in [6.45, 7) is 4.36. The average molecular weight is 637 g/mol. The van der Waals surface area contributed by atoms with Gasteiger partial charge in [0.15, 0.2) is 11.5 Å². The number of nitrogens with zero attached hydrogens (tertiary/aromatic N) is 3. The second-order valence-corrected chi connectivity index (χ2v) is 11.9. The number of rotatable bonds is 9. The van der Waals surface area contributed by atoms with E-state index in [1.807, 2.05) is 54.6 Å². The Bertz CT molecular complexity index is 1880. The minimum atomic E-state index is -0.170. The molecule has 218 valence electrons. The number of methoxy groups -OCH3 is 1. The fraction of sp³-hybridized carbons (Fsp3) is 0.250. The first-order valence-corrected chi connectivity index (χ1v) is 15.5. The first-order chi connectivity index (χ1) is 21.1. The Hall–Kier alpha value is -4.23. The monoisotopic (exact) mass is 635 g/mol. The summed E-state index contributed by atoms with van der Waals surface area (Å²) in [6.07, 6.45) is 9.62. The van der Waals surface area contributed by atoms with Crippen molar-refractivity contribution in [1.29, 1.82) is 0 Å². The average Bonchev–Trinajstić information content (AvgIpc) is 3.04. The zero-order valence-electron chi connectivity index (χ0n) is 24.3. The van der Waals surface area contributed by atoms with E-state index in [1.165, 1.54) is 16.5 Å². The summed E-state index contributed by atoms with van der Waals surface area (Å²) in [6, 6.07) is 24.1. The molecule has 0 bridgehead atoms. The summed E-state index contributed by atoms with van der Waals surface area (Å²) >= 11 is 3.50. The van der Waals surface area contributed by atoms with Gasteiger partial charge in [-0.25, -0.2) is 4.98 Å². The van der Waals surface area contributed by atoms with Crippen LogP contribution in [0.5, 0.6) is 11.5 Å². The molecule has 1 fully saturated rings. The van der Waals surface area contributed by atoms with Crippen molar-refractivity contribution in [2.24, 2.45) is 5.10 Å². The largest absolute Gasteiger partial charge is 0.493 e. The van der Waals surface area contributed by atoms with E-state index in [0.29, 0.717) is 35.4 Å². The molecule has 5 aromatic rings. The Balaban J connectivity index is 1.37. The predicted octanol–water partition coefficient (Wildman–Crippen LogP) is 8.56. The highest BCUT2D eigenvalue weighted by molar-refractivity contribution is 9.10. The summed E-state index contributed by atoms with van der Waals surface area (Å²) in [7, 11) is 1.63. The molecule has 0 unspecified atom stereocenters. The molecule has 0 spiro atoms. The molecule has 0 saturated heterocycles. The smallest absolute Gasteiger partial charge is 0.282 e. The molecular weight excluding hydrogens is 602 g/mol. The molecule has 6 rings (SSSR count). The Morgan fingerprint density at radius 3 is 2.63 bits per heavy atom. The van der Waals surface area contributed by atoms with E-state index in [2.05, 4.69) is 46.8 Å². The van der Waals surface area contributed by atoms with Gasteiger partial charge >= 0.3 is 0 Å². The summed E-state index contributed by atoms with van der Waals surface area (Å²) in [5.41, 5.74) is 3.35. The van der Waals surface area contributed by atoms with Gasteiger partial charge in [-0.15, -0.1) is 6.58 Å². The number of ether oxygens (including phenoxy) is 2. The lowest BCUT2D eigenvalue weighted by molar-refractivity contribution is 0.283. The van der Waals surface area contributed by atoms with Gasteiger partial charge in [0.05, 0.1) is 24.2 Å². The van der Waals surface area contributed by atoms with Crippen LogP contribution < -0.4 is 15.0 Å². The topological polar surface area (TPSA) is 65.7 Å². The number of fused-ring (bicyclic) bond motifs is 2. The zero-order valence-corrected chi connectivity index (χ0v) is 25.8. The lowest BCUT2D eigenvalue weighted by Gasteiger charge is -2.22. The molecule has 1 saturated carbocycles. The van der Waals surface area contributed by atoms with Crippen LogP contribution in [-0.2, 0) is 13.0 Å². The van der Waals surface area contributed by atoms with Gasteiger partial charge in [-0.05, 0) is 71.5 Å². The van der Waals surface area contributed by atoms with Crippen LogP contribution in [0.1, 0.15) is 60.5 Å². The van der Waals surface area contributed by atoms with Crippen LogP contribution in [0.2, 0.25) is 0 Å². The second kappa shape index (κ2) is 13.0. The van der Waals surface area contributed by atoms with E-state index in [9.17, 15) is 4.79 Å². The molecule has 6 nitrogen and oxygen atoms in total. The molecule has 0 atom stereocenters. The first kappa shape index (κ1) is 28.9. The van der Waals surface area contributed by atoms with E-state index >= 15 is 0 Å². The molecule has 0 amide bonds. The number of aromatic nitrogens is 2. The molecule has 0 radical (unpaired) electrons. The lowest BCUT2D eigenvalue weighted by Crippen LogP contribution is -2.25. The number of allylic oxidation sites excluding steroid dienone is 1. The van der Waals surface area contributed by atoms with Gasteiger partial charge in [-0.2, -0.15) is 9.78 Å². The van der Waals surface area contributed by atoms with Crippen molar-refractivity contribution < 1.29 is 9.47 Å². The van der Waals surface area contributed by atoms with Crippen LogP contribution in [0, 0.1) is 0 Å². The SMILES string of the molecule is C=CCc1cc(C=Nn2c(C3CCCCC3)nc3ccc(Br)cc3c2=O)cc(OC)c1OCc1cccc2ccccc12. The summed E-state index contributed by atoms with van der Waals surface area (Å²) in [5, 5.41) is 7.61. The zero-order chi connectivity index (χ0) is 29.8. The van der Waals surface area contributed by atoms with Crippen molar-refractivity contribution in [3.8, 4) is 11.5 Å². The molecule has 1 aromatic heterocycles. The highest BCUT2D eigenvalue weighted by Gasteiger charge is 2.23. The molecule has 4 aromatic carbocycles. The number of hydrogen-bond acceptors (Lipinski definition) is 5. The van der Waals surface area contributed by atoms with Crippen LogP contribution in [0.25, 0.3) is 21.7 Å². The van der Waals surface area contributed by atoms with Crippen molar-refractivity contribution >= 4 is 43.8 Å². The van der Waals surface area contributed by atoms with Crippen molar-refractivity contribution in [2.75, 3.05) is 7.11 Å². The Morgan fingerprint density at radius 2 is 1.81 bits per heavy atom. The maximum atomic E-state index is 13.8. The Morgan fingerprint density at radius 1 is 1.00 bits per heavy atom. The van der Waals surface area contributed by atoms with E-state index in [0.717, 1.165) is 58.1 Å². The Kier molecular flexibility index (Phi) is 8.70. The maximum Gasteiger partial charge on any atom is 0.282 e. The quantitative estimate of drug-likeness (QED) is 0.120. The molecular formula is C36H34BrN3O3. The highest BCUT2D eigenvalue weighted by atomic mass is 79.9. The highest BCUT2D eigenvalue weighted by Crippen LogP contribution is 2.35. The van der Waals surface area contributed by atoms with Gasteiger partial charge in [-0.1, -0.05) is 83.7 Å². The van der Waals surface area contributed by atoms with Crippen molar-refractivity contribution in [3.63, 3.8) is 0 Å². The third-order valence-electron chi connectivity index (χ3n) is 8.12. The van der Waals surface area contributed by atoms with Gasteiger partial charge < -0.3 is 9.47 Å². The van der Waals surface area contributed by atoms with Crippen LogP contribution >= 0.6 is 15.9 Å². The third kappa shape index (κ3) is 6.13. The molecule has 7 heteroatoms. The second-order valence-electron chi connectivity index (χ2n) is 11.0. The van der Waals surface area contributed by atoms with Crippen molar-refractivity contribution in [2.45, 2.75) is 51.0 Å². The third-order valence-corrected chi connectivity index (χ3v) is 8.61. The van der Waals surface area contributed by atoms with Gasteiger partial charge in [0.25, 0.3) is 5.56 Å². The van der Waals surface area contributed by atoms with Gasteiger partial charge in [-0.3, -0.25) is 4.79 Å². The molecule has 43 heavy (non-hydrogen) atoms. The van der Waals surface area contributed by atoms with Crippen LogP contribution in [-0.4, -0.2) is 23.0 Å². The summed E-state index contributed by atoms with van der Waals surface area (Å²) < 4.78 is 14.5. The molecule has 1 heterocycles. The van der Waals surface area contributed by atoms with Crippen LogP contribution in [0.3, 0.4) is 0 Å².